The van der Waals surface area contributed by atoms with Crippen LogP contribution >= 0.6 is 0 Å². The molecule has 0 bridgehead atoms. The van der Waals surface area contributed by atoms with Crippen LogP contribution in [0.4, 0.5) is 5.82 Å². The molecule has 1 unspecified atom stereocenters. The van der Waals surface area contributed by atoms with Crippen molar-refractivity contribution >= 4 is 17.7 Å². The number of benzene rings is 1. The van der Waals surface area contributed by atoms with E-state index in [-0.39, 0.29) is 12.8 Å². The molecule has 0 aliphatic rings. The van der Waals surface area contributed by atoms with Crippen LogP contribution in [0.2, 0.25) is 0 Å². The molecule has 8 nitrogen and oxygen atoms in total. The largest absolute Gasteiger partial charge is 0.452 e. The summed E-state index contributed by atoms with van der Waals surface area (Å²) in [6.45, 7) is 3.73. The predicted molar refractivity (Wildman–Crippen MR) is 110 cm³/mol. The second-order valence-electron chi connectivity index (χ2n) is 6.92. The van der Waals surface area contributed by atoms with E-state index in [1.165, 1.54) is 0 Å². The van der Waals surface area contributed by atoms with Crippen molar-refractivity contribution in [2.45, 2.75) is 52.1 Å². The van der Waals surface area contributed by atoms with Gasteiger partial charge in [-0.25, -0.2) is 4.98 Å². The van der Waals surface area contributed by atoms with Crippen molar-refractivity contribution < 1.29 is 23.3 Å². The Morgan fingerprint density at radius 1 is 1.23 bits per heavy atom. The van der Waals surface area contributed by atoms with Crippen LogP contribution in [-0.4, -0.2) is 28.1 Å². The molecule has 3 rings (SSSR count). The maximum Gasteiger partial charge on any atom is 0.307 e. The lowest BCUT2D eigenvalue weighted by molar-refractivity contribution is -0.154. The Labute approximate surface area is 174 Å². The highest BCUT2D eigenvalue weighted by molar-refractivity contribution is 5.94. The molecule has 0 fully saturated rings. The molecule has 0 saturated heterocycles. The summed E-state index contributed by atoms with van der Waals surface area (Å²) < 4.78 is 16.1. The SMILES string of the molecule is CCCCC(OC(=O)CCc1ncc(-c2ccccc2)o1)C(=O)Nc1cc(C)on1. The molecule has 3 aromatic rings. The van der Waals surface area contributed by atoms with E-state index in [0.717, 1.165) is 18.4 Å². The topological polar surface area (TPSA) is 107 Å². The lowest BCUT2D eigenvalue weighted by Crippen LogP contribution is -2.32. The number of aryl methyl sites for hydroxylation is 2. The Morgan fingerprint density at radius 3 is 2.73 bits per heavy atom. The number of carbonyl (C=O) groups is 2. The quantitative estimate of drug-likeness (QED) is 0.495. The van der Waals surface area contributed by atoms with E-state index in [2.05, 4.69) is 15.5 Å². The second-order valence-corrected chi connectivity index (χ2v) is 6.92. The zero-order chi connectivity index (χ0) is 21.3. The van der Waals surface area contributed by atoms with Gasteiger partial charge in [-0.2, -0.15) is 0 Å². The summed E-state index contributed by atoms with van der Waals surface area (Å²) in [6, 6.07) is 11.2. The van der Waals surface area contributed by atoms with Gasteiger partial charge >= 0.3 is 5.97 Å². The molecule has 1 atom stereocenters. The summed E-state index contributed by atoms with van der Waals surface area (Å²) in [5.74, 6) is 1.05. The highest BCUT2D eigenvalue weighted by Gasteiger charge is 2.24. The third kappa shape index (κ3) is 6.04. The molecule has 2 heterocycles. The summed E-state index contributed by atoms with van der Waals surface area (Å²) in [5.41, 5.74) is 0.915. The van der Waals surface area contributed by atoms with Gasteiger partial charge in [0.2, 0.25) is 0 Å². The lowest BCUT2D eigenvalue weighted by Gasteiger charge is -2.16. The minimum Gasteiger partial charge on any atom is -0.452 e. The van der Waals surface area contributed by atoms with E-state index in [4.69, 9.17) is 13.7 Å². The smallest absolute Gasteiger partial charge is 0.307 e. The minimum atomic E-state index is -0.890. The van der Waals surface area contributed by atoms with E-state index in [1.807, 2.05) is 37.3 Å². The number of amides is 1. The van der Waals surface area contributed by atoms with Crippen molar-refractivity contribution in [1.82, 2.24) is 10.1 Å². The monoisotopic (exact) mass is 411 g/mol. The molecule has 0 spiro atoms. The van der Waals surface area contributed by atoms with Crippen molar-refractivity contribution in [2.75, 3.05) is 5.32 Å². The normalized spacial score (nSPS) is 11.8. The van der Waals surface area contributed by atoms with Gasteiger partial charge in [-0.05, 0) is 19.8 Å². The second kappa shape index (κ2) is 10.4. The van der Waals surface area contributed by atoms with Gasteiger partial charge in [-0.1, -0.05) is 48.8 Å². The third-order valence-corrected chi connectivity index (χ3v) is 4.42. The van der Waals surface area contributed by atoms with E-state index >= 15 is 0 Å². The van der Waals surface area contributed by atoms with Crippen molar-refractivity contribution in [2.24, 2.45) is 0 Å². The number of nitrogens with one attached hydrogen (secondary N) is 1. The number of anilines is 1. The molecule has 1 aromatic carbocycles. The van der Waals surface area contributed by atoms with E-state index in [9.17, 15) is 9.59 Å². The van der Waals surface area contributed by atoms with E-state index in [1.54, 1.807) is 19.2 Å². The Balaban J connectivity index is 1.53. The van der Waals surface area contributed by atoms with Gasteiger partial charge in [-0.3, -0.25) is 9.59 Å². The first-order valence-corrected chi connectivity index (χ1v) is 9.99. The Kier molecular flexibility index (Phi) is 7.37. The number of nitrogens with zero attached hydrogens (tertiary/aromatic N) is 2. The summed E-state index contributed by atoms with van der Waals surface area (Å²) in [7, 11) is 0. The number of esters is 1. The number of hydrogen-bond donors (Lipinski definition) is 1. The first kappa shape index (κ1) is 21.3. The van der Waals surface area contributed by atoms with Crippen LogP contribution in [0.15, 0.2) is 51.5 Å². The van der Waals surface area contributed by atoms with Gasteiger partial charge < -0.3 is 19.0 Å². The fourth-order valence-corrected chi connectivity index (χ4v) is 2.85. The van der Waals surface area contributed by atoms with Crippen LogP contribution in [0.3, 0.4) is 0 Å². The Morgan fingerprint density at radius 2 is 2.03 bits per heavy atom. The molecule has 0 saturated carbocycles. The van der Waals surface area contributed by atoms with E-state index < -0.39 is 18.0 Å². The molecule has 8 heteroatoms. The molecule has 0 radical (unpaired) electrons. The predicted octanol–water partition coefficient (Wildman–Crippen LogP) is 4.31. The van der Waals surface area contributed by atoms with Crippen LogP contribution < -0.4 is 5.32 Å². The molecule has 2 aromatic heterocycles. The fourth-order valence-electron chi connectivity index (χ4n) is 2.85. The lowest BCUT2D eigenvalue weighted by atomic mass is 10.1. The van der Waals surface area contributed by atoms with Gasteiger partial charge in [0, 0.05) is 18.1 Å². The molecular weight excluding hydrogens is 386 g/mol. The van der Waals surface area contributed by atoms with Gasteiger partial charge in [0.05, 0.1) is 12.6 Å². The summed E-state index contributed by atoms with van der Waals surface area (Å²) >= 11 is 0. The average molecular weight is 411 g/mol. The maximum atomic E-state index is 12.5. The zero-order valence-corrected chi connectivity index (χ0v) is 17.1. The standard InChI is InChI=1S/C22H25N3O5/c1-3-4-10-17(22(27)24-19-13-15(2)30-25-19)29-21(26)12-11-20-23-14-18(28-20)16-8-6-5-7-9-16/h5-9,13-14,17H,3-4,10-12H2,1-2H3,(H,24,25,27). The van der Waals surface area contributed by atoms with Crippen LogP contribution in [0.1, 0.15) is 44.3 Å². The molecule has 1 amide bonds. The number of hydrogen-bond acceptors (Lipinski definition) is 7. The van der Waals surface area contributed by atoms with Crippen LogP contribution in [0.25, 0.3) is 11.3 Å². The van der Waals surface area contributed by atoms with Crippen molar-refractivity contribution in [1.29, 1.82) is 0 Å². The molecule has 0 aliphatic carbocycles. The number of ether oxygens (including phenoxy) is 1. The number of aromatic nitrogens is 2. The molecule has 30 heavy (non-hydrogen) atoms. The summed E-state index contributed by atoms with van der Waals surface area (Å²) in [5, 5.41) is 6.35. The Bertz CT molecular complexity index is 964. The fraction of sp³-hybridized carbons (Fsp3) is 0.364. The molecule has 1 N–H and O–H groups in total. The average Bonchev–Trinajstić information content (AvgIpc) is 3.39. The number of carbonyl (C=O) groups excluding carboxylic acids is 2. The highest BCUT2D eigenvalue weighted by atomic mass is 16.5. The Hall–Kier alpha value is -3.42. The van der Waals surface area contributed by atoms with Crippen LogP contribution in [0.5, 0.6) is 0 Å². The summed E-state index contributed by atoms with van der Waals surface area (Å²) in [6.07, 6.45) is 3.16. The first-order valence-electron chi connectivity index (χ1n) is 9.99. The van der Waals surface area contributed by atoms with Crippen molar-refractivity contribution in [3.8, 4) is 11.3 Å². The number of rotatable bonds is 10. The highest BCUT2D eigenvalue weighted by Crippen LogP contribution is 2.20. The molecule has 158 valence electrons. The van der Waals surface area contributed by atoms with Crippen molar-refractivity contribution in [3.63, 3.8) is 0 Å². The summed E-state index contributed by atoms with van der Waals surface area (Å²) in [4.78, 5) is 29.0. The van der Waals surface area contributed by atoms with Gasteiger partial charge in [0.15, 0.2) is 23.6 Å². The number of oxazole rings is 1. The third-order valence-electron chi connectivity index (χ3n) is 4.42. The molecular formula is C22H25N3O5. The van der Waals surface area contributed by atoms with Crippen molar-refractivity contribution in [3.05, 3.63) is 54.2 Å². The first-order chi connectivity index (χ1) is 14.5. The van der Waals surface area contributed by atoms with Crippen LogP contribution in [0, 0.1) is 6.92 Å². The maximum absolute atomic E-state index is 12.5. The minimum absolute atomic E-state index is 0.0632. The van der Waals surface area contributed by atoms with Gasteiger partial charge in [-0.15, -0.1) is 0 Å². The van der Waals surface area contributed by atoms with Gasteiger partial charge in [0.25, 0.3) is 5.91 Å². The number of unbranched alkanes of at least 4 members (excludes halogenated alkanes) is 1. The van der Waals surface area contributed by atoms with Crippen LogP contribution in [-0.2, 0) is 20.7 Å². The molecule has 0 aliphatic heterocycles. The van der Waals surface area contributed by atoms with Gasteiger partial charge in [0.1, 0.15) is 5.76 Å². The van der Waals surface area contributed by atoms with E-state index in [0.29, 0.717) is 29.6 Å². The zero-order valence-electron chi connectivity index (χ0n) is 17.1.